The summed E-state index contributed by atoms with van der Waals surface area (Å²) in [4.78, 5) is 19.0. The number of hydrogen-bond donors (Lipinski definition) is 1. The Morgan fingerprint density at radius 1 is 1.07 bits per heavy atom. The lowest BCUT2D eigenvalue weighted by atomic mass is 9.94. The number of nitrogens with one attached hydrogen (secondary N) is 1. The first-order chi connectivity index (χ1) is 13.7. The van der Waals surface area contributed by atoms with Crippen molar-refractivity contribution in [2.75, 3.05) is 12.1 Å². The second kappa shape index (κ2) is 5.82. The van der Waals surface area contributed by atoms with Crippen molar-refractivity contribution in [1.82, 2.24) is 4.98 Å². The molecule has 1 N–H and O–H groups in total. The molecule has 140 valence electrons. The van der Waals surface area contributed by atoms with Gasteiger partial charge in [0.05, 0.1) is 16.0 Å². The normalized spacial score (nSPS) is 17.6. The van der Waals surface area contributed by atoms with Gasteiger partial charge in [0.1, 0.15) is 0 Å². The van der Waals surface area contributed by atoms with E-state index in [2.05, 4.69) is 29.6 Å². The number of carbonyl (C=O) groups is 1. The van der Waals surface area contributed by atoms with E-state index in [0.717, 1.165) is 48.4 Å². The maximum Gasteiger partial charge on any atom is 0.236 e. The Hall–Kier alpha value is -2.86. The Kier molecular flexibility index (Phi) is 3.35. The maximum absolute atomic E-state index is 13.1. The van der Waals surface area contributed by atoms with Crippen LogP contribution in [0.25, 0.3) is 10.4 Å². The van der Waals surface area contributed by atoms with Gasteiger partial charge in [-0.05, 0) is 54.5 Å². The third-order valence-corrected chi connectivity index (χ3v) is 6.97. The molecule has 6 heteroatoms. The number of amides is 1. The van der Waals surface area contributed by atoms with E-state index in [1.807, 2.05) is 18.2 Å². The third kappa shape index (κ3) is 2.37. The molecule has 2 aromatic carbocycles. The predicted octanol–water partition coefficient (Wildman–Crippen LogP) is 4.31. The molecule has 1 aliphatic heterocycles. The minimum Gasteiger partial charge on any atom is -0.454 e. The highest BCUT2D eigenvalue weighted by atomic mass is 32.1. The lowest BCUT2D eigenvalue weighted by Crippen LogP contribution is -2.27. The fourth-order valence-corrected chi connectivity index (χ4v) is 5.25. The van der Waals surface area contributed by atoms with Gasteiger partial charge in [-0.25, -0.2) is 4.98 Å². The van der Waals surface area contributed by atoms with Crippen LogP contribution in [0.2, 0.25) is 0 Å². The molecule has 0 unspecified atom stereocenters. The Morgan fingerprint density at radius 3 is 2.82 bits per heavy atom. The lowest BCUT2D eigenvalue weighted by molar-refractivity contribution is -0.118. The van der Waals surface area contributed by atoms with Crippen LogP contribution in [0.3, 0.4) is 0 Å². The van der Waals surface area contributed by atoms with Crippen molar-refractivity contribution in [3.63, 3.8) is 0 Å². The lowest BCUT2D eigenvalue weighted by Gasteiger charge is -2.15. The summed E-state index contributed by atoms with van der Waals surface area (Å²) < 4.78 is 10.9. The highest BCUT2D eigenvalue weighted by Crippen LogP contribution is 2.51. The Labute approximate surface area is 166 Å². The van der Waals surface area contributed by atoms with E-state index >= 15 is 0 Å². The number of aromatic nitrogens is 1. The van der Waals surface area contributed by atoms with Gasteiger partial charge in [0.2, 0.25) is 12.7 Å². The largest absolute Gasteiger partial charge is 0.454 e. The van der Waals surface area contributed by atoms with Crippen molar-refractivity contribution in [1.29, 1.82) is 0 Å². The highest BCUT2D eigenvalue weighted by molar-refractivity contribution is 7.19. The topological polar surface area (TPSA) is 60.5 Å². The van der Waals surface area contributed by atoms with E-state index in [-0.39, 0.29) is 12.7 Å². The number of hydrogen-bond acceptors (Lipinski definition) is 5. The number of nitrogens with zero attached hydrogens (tertiary/aromatic N) is 1. The van der Waals surface area contributed by atoms with E-state index in [9.17, 15) is 4.79 Å². The molecule has 0 atom stereocenters. The monoisotopic (exact) mass is 390 g/mol. The van der Waals surface area contributed by atoms with Crippen LogP contribution < -0.4 is 14.8 Å². The molecule has 6 rings (SSSR count). The van der Waals surface area contributed by atoms with Gasteiger partial charge in [-0.3, -0.25) is 4.79 Å². The van der Waals surface area contributed by atoms with Crippen molar-refractivity contribution in [2.45, 2.75) is 31.1 Å². The van der Waals surface area contributed by atoms with E-state index < -0.39 is 5.41 Å². The molecule has 0 spiro atoms. The molecule has 1 saturated carbocycles. The molecule has 3 aliphatic rings. The zero-order valence-electron chi connectivity index (χ0n) is 15.2. The molecule has 5 nitrogen and oxygen atoms in total. The summed E-state index contributed by atoms with van der Waals surface area (Å²) in [6.07, 6.45) is 3.60. The maximum atomic E-state index is 13.1. The fourth-order valence-electron chi connectivity index (χ4n) is 4.18. The van der Waals surface area contributed by atoms with E-state index in [1.165, 1.54) is 16.0 Å². The summed E-state index contributed by atoms with van der Waals surface area (Å²) in [6, 6.07) is 14.3. The Morgan fingerprint density at radius 2 is 1.93 bits per heavy atom. The first-order valence-corrected chi connectivity index (χ1v) is 10.3. The minimum atomic E-state index is -0.481. The first-order valence-electron chi connectivity index (χ1n) is 9.52. The van der Waals surface area contributed by atoms with Crippen molar-refractivity contribution in [3.8, 4) is 21.9 Å². The van der Waals surface area contributed by atoms with Gasteiger partial charge in [0, 0.05) is 0 Å². The van der Waals surface area contributed by atoms with Crippen molar-refractivity contribution in [3.05, 3.63) is 59.3 Å². The molecule has 2 aliphatic carbocycles. The second-order valence-corrected chi connectivity index (χ2v) is 8.56. The zero-order valence-corrected chi connectivity index (χ0v) is 16.0. The van der Waals surface area contributed by atoms with E-state index in [1.54, 1.807) is 11.3 Å². The van der Waals surface area contributed by atoms with Gasteiger partial charge in [-0.15, -0.1) is 0 Å². The number of rotatable bonds is 3. The first kappa shape index (κ1) is 16.1. The molecule has 28 heavy (non-hydrogen) atoms. The number of aryl methyl sites for hydroxylation is 2. The quantitative estimate of drug-likeness (QED) is 0.724. The molecule has 1 amide bonds. The summed E-state index contributed by atoms with van der Waals surface area (Å²) in [6.45, 7) is 0.240. The van der Waals surface area contributed by atoms with Crippen LogP contribution in [0, 0.1) is 0 Å². The average Bonchev–Trinajstić information content (AvgIpc) is 3.22. The van der Waals surface area contributed by atoms with Gasteiger partial charge in [-0.1, -0.05) is 41.7 Å². The van der Waals surface area contributed by atoms with Crippen LogP contribution in [0.1, 0.15) is 29.7 Å². The van der Waals surface area contributed by atoms with Gasteiger partial charge in [-0.2, -0.15) is 0 Å². The second-order valence-electron chi connectivity index (χ2n) is 7.56. The van der Waals surface area contributed by atoms with Crippen molar-refractivity contribution >= 4 is 22.4 Å². The Bertz CT molecular complexity index is 1120. The molecule has 1 aromatic heterocycles. The summed E-state index contributed by atoms with van der Waals surface area (Å²) in [5, 5.41) is 3.79. The summed E-state index contributed by atoms with van der Waals surface area (Å²) in [5.41, 5.74) is 4.20. The van der Waals surface area contributed by atoms with Crippen molar-refractivity contribution in [2.24, 2.45) is 0 Å². The van der Waals surface area contributed by atoms with Gasteiger partial charge in [0.25, 0.3) is 0 Å². The number of ether oxygens (including phenoxy) is 2. The highest BCUT2D eigenvalue weighted by Gasteiger charge is 2.52. The smallest absolute Gasteiger partial charge is 0.236 e. The van der Waals surface area contributed by atoms with E-state index in [0.29, 0.717) is 5.13 Å². The molecule has 0 bridgehead atoms. The molecule has 1 fully saturated rings. The average molecular weight is 390 g/mol. The number of carbonyl (C=O) groups excluding carboxylic acids is 1. The number of thiazole rings is 1. The molecule has 0 saturated heterocycles. The van der Waals surface area contributed by atoms with Gasteiger partial charge in [0.15, 0.2) is 16.6 Å². The molecule has 0 radical (unpaired) electrons. The number of fused-ring (bicyclic) bond motifs is 4. The summed E-state index contributed by atoms with van der Waals surface area (Å²) >= 11 is 1.58. The molecule has 3 aromatic rings. The van der Waals surface area contributed by atoms with Gasteiger partial charge >= 0.3 is 0 Å². The van der Waals surface area contributed by atoms with Crippen molar-refractivity contribution < 1.29 is 14.3 Å². The molecular weight excluding hydrogens is 372 g/mol. The fraction of sp³-hybridized carbons (Fsp3) is 0.273. The van der Waals surface area contributed by atoms with E-state index in [4.69, 9.17) is 14.5 Å². The van der Waals surface area contributed by atoms with Crippen LogP contribution in [0.15, 0.2) is 42.5 Å². The Balaban J connectivity index is 1.28. The standard InChI is InChI=1S/C22H18N2O3S/c25-20(22(9-10-22)14-6-8-17-18(11-14)27-12-26-17)24-21-23-16-7-5-13-3-1-2-4-15(13)19(16)28-21/h1-4,6,8,11H,5,7,9-10,12H2,(H,23,24,25). The minimum absolute atomic E-state index is 0.0192. The number of benzene rings is 2. The summed E-state index contributed by atoms with van der Waals surface area (Å²) in [7, 11) is 0. The molecule has 2 heterocycles. The summed E-state index contributed by atoms with van der Waals surface area (Å²) in [5.74, 6) is 1.48. The van der Waals surface area contributed by atoms with Crippen LogP contribution >= 0.6 is 11.3 Å². The molecular formula is C22H18N2O3S. The van der Waals surface area contributed by atoms with Crippen LogP contribution in [0.4, 0.5) is 5.13 Å². The third-order valence-electron chi connectivity index (χ3n) is 5.92. The number of anilines is 1. The van der Waals surface area contributed by atoms with Gasteiger partial charge < -0.3 is 14.8 Å². The zero-order chi connectivity index (χ0) is 18.7. The van der Waals surface area contributed by atoms with Crippen LogP contribution in [0.5, 0.6) is 11.5 Å². The SMILES string of the molecule is O=C(Nc1nc2c(s1)-c1ccccc1CC2)C1(c2ccc3c(c2)OCO3)CC1. The van der Waals surface area contributed by atoms with Crippen LogP contribution in [-0.2, 0) is 23.1 Å². The van der Waals surface area contributed by atoms with Crippen LogP contribution in [-0.4, -0.2) is 17.7 Å². The predicted molar refractivity (Wildman–Crippen MR) is 107 cm³/mol.